The zero-order chi connectivity index (χ0) is 13.5. The first-order valence-corrected chi connectivity index (χ1v) is 6.17. The second kappa shape index (κ2) is 4.37. The quantitative estimate of drug-likeness (QED) is 0.768. The normalized spacial score (nSPS) is 15.5. The van der Waals surface area contributed by atoms with Crippen LogP contribution in [0.5, 0.6) is 0 Å². The summed E-state index contributed by atoms with van der Waals surface area (Å²) in [4.78, 5) is 4.30. The van der Waals surface area contributed by atoms with Crippen LogP contribution < -0.4 is 0 Å². The van der Waals surface area contributed by atoms with Crippen molar-refractivity contribution in [2.75, 3.05) is 0 Å². The number of rotatable bonds is 2. The number of halogens is 3. The van der Waals surface area contributed by atoms with E-state index in [1.54, 1.807) is 6.20 Å². The molecule has 4 heteroatoms. The Morgan fingerprint density at radius 1 is 0.947 bits per heavy atom. The highest BCUT2D eigenvalue weighted by atomic mass is 19.4. The molecule has 19 heavy (non-hydrogen) atoms. The average Bonchev–Trinajstić information content (AvgIpc) is 3.22. The molecular formula is C15H12F3N. The van der Waals surface area contributed by atoms with Gasteiger partial charge in [-0.15, -0.1) is 0 Å². The Morgan fingerprint density at radius 3 is 2.21 bits per heavy atom. The molecule has 1 heterocycles. The van der Waals surface area contributed by atoms with E-state index in [4.69, 9.17) is 0 Å². The second-order valence-electron chi connectivity index (χ2n) is 4.82. The lowest BCUT2D eigenvalue weighted by atomic mass is 10.0. The molecule has 0 atom stereocenters. The average molecular weight is 263 g/mol. The number of pyridine rings is 1. The van der Waals surface area contributed by atoms with Gasteiger partial charge in [0.2, 0.25) is 0 Å². The van der Waals surface area contributed by atoms with Crippen molar-refractivity contribution in [2.45, 2.75) is 24.9 Å². The molecule has 0 aliphatic heterocycles. The largest absolute Gasteiger partial charge is 0.416 e. The van der Waals surface area contributed by atoms with Gasteiger partial charge in [-0.2, -0.15) is 13.2 Å². The minimum absolute atomic E-state index is 0.536. The maximum Gasteiger partial charge on any atom is 0.416 e. The molecule has 3 rings (SSSR count). The fraction of sp³-hybridized carbons (Fsp3) is 0.267. The minimum atomic E-state index is -4.28. The first-order chi connectivity index (χ1) is 9.04. The van der Waals surface area contributed by atoms with E-state index < -0.39 is 11.7 Å². The molecule has 2 aromatic rings. The molecule has 1 fully saturated rings. The van der Waals surface area contributed by atoms with Crippen LogP contribution >= 0.6 is 0 Å². The SMILES string of the molecule is FC(F)(F)c1ccc(-c2ccnc(C3CC3)c2)cc1. The predicted octanol–water partition coefficient (Wildman–Crippen LogP) is 4.64. The van der Waals surface area contributed by atoms with Crippen molar-refractivity contribution in [1.29, 1.82) is 0 Å². The van der Waals surface area contributed by atoms with Crippen molar-refractivity contribution in [2.24, 2.45) is 0 Å². The minimum Gasteiger partial charge on any atom is -0.261 e. The molecule has 1 aromatic heterocycles. The van der Waals surface area contributed by atoms with E-state index in [1.165, 1.54) is 12.1 Å². The molecule has 0 radical (unpaired) electrons. The van der Waals surface area contributed by atoms with Crippen LogP contribution in [0.4, 0.5) is 13.2 Å². The first kappa shape index (κ1) is 12.2. The van der Waals surface area contributed by atoms with E-state index in [2.05, 4.69) is 4.98 Å². The Morgan fingerprint density at radius 2 is 1.63 bits per heavy atom. The molecule has 0 bridgehead atoms. The number of hydrogen-bond acceptors (Lipinski definition) is 1. The van der Waals surface area contributed by atoms with Crippen LogP contribution in [0.2, 0.25) is 0 Å². The monoisotopic (exact) mass is 263 g/mol. The van der Waals surface area contributed by atoms with E-state index in [-0.39, 0.29) is 0 Å². The second-order valence-corrected chi connectivity index (χ2v) is 4.82. The third kappa shape index (κ3) is 2.62. The number of nitrogens with zero attached hydrogens (tertiary/aromatic N) is 1. The van der Waals surface area contributed by atoms with Gasteiger partial charge < -0.3 is 0 Å². The van der Waals surface area contributed by atoms with Crippen molar-refractivity contribution in [3.63, 3.8) is 0 Å². The lowest BCUT2D eigenvalue weighted by Crippen LogP contribution is -2.04. The highest BCUT2D eigenvalue weighted by Gasteiger charge is 2.30. The molecule has 0 unspecified atom stereocenters. The number of alkyl halides is 3. The zero-order valence-corrected chi connectivity index (χ0v) is 10.1. The van der Waals surface area contributed by atoms with Gasteiger partial charge in [-0.05, 0) is 48.2 Å². The maximum atomic E-state index is 12.5. The van der Waals surface area contributed by atoms with Crippen LogP contribution in [-0.4, -0.2) is 4.98 Å². The molecule has 1 saturated carbocycles. The number of benzene rings is 1. The van der Waals surface area contributed by atoms with Crippen LogP contribution in [0.15, 0.2) is 42.6 Å². The molecule has 1 nitrogen and oxygen atoms in total. The highest BCUT2D eigenvalue weighted by Crippen LogP contribution is 2.40. The Hall–Kier alpha value is -1.84. The van der Waals surface area contributed by atoms with Gasteiger partial charge >= 0.3 is 6.18 Å². The van der Waals surface area contributed by atoms with Gasteiger partial charge in [-0.25, -0.2) is 0 Å². The van der Waals surface area contributed by atoms with Crippen LogP contribution in [0.3, 0.4) is 0 Å². The number of aromatic nitrogens is 1. The molecule has 0 N–H and O–H groups in total. The van der Waals surface area contributed by atoms with Crippen LogP contribution in [0.25, 0.3) is 11.1 Å². The van der Waals surface area contributed by atoms with Crippen molar-refractivity contribution >= 4 is 0 Å². The summed E-state index contributed by atoms with van der Waals surface area (Å²) in [6, 6.07) is 9.05. The molecule has 1 aliphatic carbocycles. The van der Waals surface area contributed by atoms with Crippen molar-refractivity contribution < 1.29 is 13.2 Å². The molecule has 1 aliphatic rings. The smallest absolute Gasteiger partial charge is 0.261 e. The third-order valence-corrected chi connectivity index (χ3v) is 3.32. The summed E-state index contributed by atoms with van der Waals surface area (Å²) in [5, 5.41) is 0. The topological polar surface area (TPSA) is 12.9 Å². The highest BCUT2D eigenvalue weighted by molar-refractivity contribution is 5.64. The molecule has 0 amide bonds. The van der Waals surface area contributed by atoms with Gasteiger partial charge in [0.25, 0.3) is 0 Å². The standard InChI is InChI=1S/C15H12F3N/c16-15(17,18)13-5-3-10(4-6-13)12-7-8-19-14(9-12)11-1-2-11/h3-9,11H,1-2H2. The summed E-state index contributed by atoms with van der Waals surface area (Å²) in [7, 11) is 0. The summed E-state index contributed by atoms with van der Waals surface area (Å²) in [5.41, 5.74) is 2.13. The van der Waals surface area contributed by atoms with Gasteiger partial charge in [0.05, 0.1) is 5.56 Å². The molecule has 0 saturated heterocycles. The van der Waals surface area contributed by atoms with E-state index in [0.29, 0.717) is 5.92 Å². The van der Waals surface area contributed by atoms with E-state index in [9.17, 15) is 13.2 Å². The van der Waals surface area contributed by atoms with Gasteiger partial charge in [-0.3, -0.25) is 4.98 Å². The first-order valence-electron chi connectivity index (χ1n) is 6.17. The maximum absolute atomic E-state index is 12.5. The lowest BCUT2D eigenvalue weighted by Gasteiger charge is -2.08. The summed E-state index contributed by atoms with van der Waals surface area (Å²) < 4.78 is 37.5. The van der Waals surface area contributed by atoms with Crippen LogP contribution in [-0.2, 0) is 6.18 Å². The summed E-state index contributed by atoms with van der Waals surface area (Å²) >= 11 is 0. The lowest BCUT2D eigenvalue weighted by molar-refractivity contribution is -0.137. The van der Waals surface area contributed by atoms with Crippen LogP contribution in [0.1, 0.15) is 30.0 Å². The summed E-state index contributed by atoms with van der Waals surface area (Å²) in [6.45, 7) is 0. The van der Waals surface area contributed by atoms with Gasteiger partial charge in [0.1, 0.15) is 0 Å². The fourth-order valence-electron chi connectivity index (χ4n) is 2.08. The summed E-state index contributed by atoms with van der Waals surface area (Å²) in [5.74, 6) is 0.536. The van der Waals surface area contributed by atoms with Crippen molar-refractivity contribution in [3.05, 3.63) is 53.9 Å². The van der Waals surface area contributed by atoms with Gasteiger partial charge in [0.15, 0.2) is 0 Å². The molecular weight excluding hydrogens is 251 g/mol. The Balaban J connectivity index is 1.91. The van der Waals surface area contributed by atoms with E-state index >= 15 is 0 Å². The Kier molecular flexibility index (Phi) is 2.81. The molecule has 98 valence electrons. The van der Waals surface area contributed by atoms with Gasteiger partial charge in [-0.1, -0.05) is 12.1 Å². The number of hydrogen-bond donors (Lipinski definition) is 0. The fourth-order valence-corrected chi connectivity index (χ4v) is 2.08. The zero-order valence-electron chi connectivity index (χ0n) is 10.1. The van der Waals surface area contributed by atoms with Gasteiger partial charge in [0, 0.05) is 17.8 Å². The van der Waals surface area contributed by atoms with E-state index in [1.807, 2.05) is 12.1 Å². The van der Waals surface area contributed by atoms with Crippen molar-refractivity contribution in [1.82, 2.24) is 4.98 Å². The third-order valence-electron chi connectivity index (χ3n) is 3.32. The summed E-state index contributed by atoms with van der Waals surface area (Å²) in [6.07, 6.45) is -0.246. The molecule has 0 spiro atoms. The van der Waals surface area contributed by atoms with E-state index in [0.717, 1.165) is 41.8 Å². The predicted molar refractivity (Wildman–Crippen MR) is 66.7 cm³/mol. The van der Waals surface area contributed by atoms with Crippen LogP contribution in [0, 0.1) is 0 Å². The van der Waals surface area contributed by atoms with Crippen molar-refractivity contribution in [3.8, 4) is 11.1 Å². The molecule has 1 aromatic carbocycles. The Bertz CT molecular complexity index is 583. The Labute approximate surface area is 109 Å².